The molecule has 2 aromatic rings. The van der Waals surface area contributed by atoms with Gasteiger partial charge in [0.15, 0.2) is 0 Å². The van der Waals surface area contributed by atoms with E-state index in [-0.39, 0.29) is 5.82 Å². The van der Waals surface area contributed by atoms with Gasteiger partial charge in [0, 0.05) is 21.6 Å². The number of thiophene rings is 1. The number of hydrogen-bond acceptors (Lipinski definition) is 2. The summed E-state index contributed by atoms with van der Waals surface area (Å²) in [5, 5.41) is 3.19. The zero-order valence-corrected chi connectivity index (χ0v) is 11.3. The molecule has 84 valence electrons. The lowest BCUT2D eigenvalue weighted by atomic mass is 10.3. The number of benzene rings is 1. The van der Waals surface area contributed by atoms with Crippen LogP contribution in [0.4, 0.5) is 10.1 Å². The van der Waals surface area contributed by atoms with Gasteiger partial charge in [0.25, 0.3) is 0 Å². The van der Waals surface area contributed by atoms with Gasteiger partial charge in [-0.25, -0.2) is 4.39 Å². The Bertz CT molecular complexity index is 464. The molecule has 0 aliphatic heterocycles. The van der Waals surface area contributed by atoms with Gasteiger partial charge >= 0.3 is 0 Å². The fourth-order valence-corrected chi connectivity index (χ4v) is 2.97. The van der Waals surface area contributed by atoms with E-state index in [1.165, 1.54) is 23.5 Å². The fourth-order valence-electron chi connectivity index (χ4n) is 1.24. The van der Waals surface area contributed by atoms with Gasteiger partial charge in [-0.1, -0.05) is 11.6 Å². The van der Waals surface area contributed by atoms with E-state index in [1.807, 2.05) is 6.07 Å². The van der Waals surface area contributed by atoms with E-state index >= 15 is 0 Å². The van der Waals surface area contributed by atoms with Crippen molar-refractivity contribution < 1.29 is 4.39 Å². The van der Waals surface area contributed by atoms with Crippen molar-refractivity contribution in [3.05, 3.63) is 49.8 Å². The molecule has 0 saturated carbocycles. The lowest BCUT2D eigenvalue weighted by Crippen LogP contribution is -1.96. The van der Waals surface area contributed by atoms with Crippen LogP contribution in [0.3, 0.4) is 0 Å². The van der Waals surface area contributed by atoms with Gasteiger partial charge in [-0.05, 0) is 46.3 Å². The summed E-state index contributed by atoms with van der Waals surface area (Å²) in [6.07, 6.45) is 0. The third kappa shape index (κ3) is 2.97. The summed E-state index contributed by atoms with van der Waals surface area (Å²) in [7, 11) is 0. The Hall–Kier alpha value is -0.580. The van der Waals surface area contributed by atoms with Crippen LogP contribution in [0.15, 0.2) is 34.8 Å². The van der Waals surface area contributed by atoms with Crippen LogP contribution in [0.2, 0.25) is 4.34 Å². The summed E-state index contributed by atoms with van der Waals surface area (Å²) in [5.74, 6) is -0.229. The fraction of sp³-hybridized carbons (Fsp3) is 0.0909. The molecule has 5 heteroatoms. The molecule has 1 nitrogen and oxygen atoms in total. The number of anilines is 1. The lowest BCUT2D eigenvalue weighted by molar-refractivity contribution is 0.628. The molecular formula is C11H8BrClFNS. The Morgan fingerprint density at radius 2 is 2.00 bits per heavy atom. The van der Waals surface area contributed by atoms with Crippen LogP contribution in [-0.4, -0.2) is 0 Å². The third-order valence-corrected chi connectivity index (χ3v) is 4.48. The van der Waals surface area contributed by atoms with Gasteiger partial charge in [0.2, 0.25) is 0 Å². The third-order valence-electron chi connectivity index (χ3n) is 2.01. The van der Waals surface area contributed by atoms with Crippen molar-refractivity contribution in [1.29, 1.82) is 0 Å². The molecular weight excluding hydrogens is 313 g/mol. The molecule has 1 aromatic carbocycles. The van der Waals surface area contributed by atoms with Crippen LogP contribution in [0.5, 0.6) is 0 Å². The van der Waals surface area contributed by atoms with Crippen molar-refractivity contribution in [3.63, 3.8) is 0 Å². The number of halogens is 3. The molecule has 0 radical (unpaired) electrons. The Morgan fingerprint density at radius 3 is 2.56 bits per heavy atom. The predicted octanol–water partition coefficient (Wildman–Crippen LogP) is 4.92. The van der Waals surface area contributed by atoms with Crippen LogP contribution < -0.4 is 5.32 Å². The molecule has 0 atom stereocenters. The highest BCUT2D eigenvalue weighted by Crippen LogP contribution is 2.32. The minimum absolute atomic E-state index is 0.229. The predicted molar refractivity (Wildman–Crippen MR) is 70.8 cm³/mol. The largest absolute Gasteiger partial charge is 0.380 e. The van der Waals surface area contributed by atoms with Crippen LogP contribution >= 0.6 is 38.9 Å². The number of hydrogen-bond donors (Lipinski definition) is 1. The summed E-state index contributed by atoms with van der Waals surface area (Å²) in [6, 6.07) is 8.25. The average molecular weight is 321 g/mol. The van der Waals surface area contributed by atoms with Crippen LogP contribution in [0.1, 0.15) is 4.88 Å². The molecule has 2 rings (SSSR count). The van der Waals surface area contributed by atoms with Crippen LogP contribution in [0, 0.1) is 5.82 Å². The van der Waals surface area contributed by atoms with Crippen LogP contribution in [0.25, 0.3) is 0 Å². The Kier molecular flexibility index (Phi) is 3.84. The topological polar surface area (TPSA) is 12.0 Å². The molecule has 0 amide bonds. The first-order valence-electron chi connectivity index (χ1n) is 4.58. The molecule has 1 N–H and O–H groups in total. The lowest BCUT2D eigenvalue weighted by Gasteiger charge is -2.03. The zero-order chi connectivity index (χ0) is 11.5. The van der Waals surface area contributed by atoms with Gasteiger partial charge in [-0.2, -0.15) is 0 Å². The summed E-state index contributed by atoms with van der Waals surface area (Å²) in [5.41, 5.74) is 0.891. The van der Waals surface area contributed by atoms with Gasteiger partial charge in [0.05, 0.1) is 0 Å². The highest BCUT2D eigenvalue weighted by Gasteiger charge is 2.04. The Labute approximate surface area is 110 Å². The maximum Gasteiger partial charge on any atom is 0.123 e. The summed E-state index contributed by atoms with van der Waals surface area (Å²) < 4.78 is 14.3. The average Bonchev–Trinajstić information content (AvgIpc) is 2.58. The molecule has 0 spiro atoms. The Balaban J connectivity index is 1.99. The quantitative estimate of drug-likeness (QED) is 0.847. The van der Waals surface area contributed by atoms with Gasteiger partial charge in [0.1, 0.15) is 10.2 Å². The number of rotatable bonds is 3. The first kappa shape index (κ1) is 11.9. The van der Waals surface area contributed by atoms with E-state index in [9.17, 15) is 4.39 Å². The standard InChI is InChI=1S/C11H8BrClFNS/c12-10-5-9(16-11(10)13)6-15-8-3-1-7(14)2-4-8/h1-5,15H,6H2. The van der Waals surface area contributed by atoms with Crippen molar-refractivity contribution in [2.75, 3.05) is 5.32 Å². The maximum atomic E-state index is 12.7. The van der Waals surface area contributed by atoms with E-state index in [4.69, 9.17) is 11.6 Å². The minimum Gasteiger partial charge on any atom is -0.380 e. The summed E-state index contributed by atoms with van der Waals surface area (Å²) in [6.45, 7) is 0.682. The molecule has 16 heavy (non-hydrogen) atoms. The monoisotopic (exact) mass is 319 g/mol. The van der Waals surface area contributed by atoms with Crippen molar-refractivity contribution >= 4 is 44.6 Å². The second-order valence-corrected chi connectivity index (χ2v) is 5.79. The normalized spacial score (nSPS) is 10.4. The van der Waals surface area contributed by atoms with Crippen molar-refractivity contribution in [3.8, 4) is 0 Å². The SMILES string of the molecule is Fc1ccc(NCc2cc(Br)c(Cl)s2)cc1. The molecule has 0 bridgehead atoms. The van der Waals surface area contributed by atoms with Gasteiger partial charge in [-0.15, -0.1) is 11.3 Å². The smallest absolute Gasteiger partial charge is 0.123 e. The molecule has 0 fully saturated rings. The summed E-state index contributed by atoms with van der Waals surface area (Å²) >= 11 is 10.8. The second kappa shape index (κ2) is 5.17. The molecule has 0 aliphatic rings. The Morgan fingerprint density at radius 1 is 1.31 bits per heavy atom. The highest BCUT2D eigenvalue weighted by molar-refractivity contribution is 9.10. The summed E-state index contributed by atoms with van der Waals surface area (Å²) in [4.78, 5) is 1.13. The van der Waals surface area contributed by atoms with Crippen molar-refractivity contribution in [2.24, 2.45) is 0 Å². The van der Waals surface area contributed by atoms with Crippen LogP contribution in [-0.2, 0) is 6.54 Å². The van der Waals surface area contributed by atoms with E-state index < -0.39 is 0 Å². The molecule has 0 unspecified atom stereocenters. The second-order valence-electron chi connectivity index (χ2n) is 3.19. The highest BCUT2D eigenvalue weighted by atomic mass is 79.9. The number of nitrogens with one attached hydrogen (secondary N) is 1. The molecule has 1 aromatic heterocycles. The maximum absolute atomic E-state index is 12.7. The van der Waals surface area contributed by atoms with Crippen molar-refractivity contribution in [2.45, 2.75) is 6.54 Å². The molecule has 0 saturated heterocycles. The zero-order valence-electron chi connectivity index (χ0n) is 8.14. The molecule has 0 aliphatic carbocycles. The van der Waals surface area contributed by atoms with E-state index in [0.29, 0.717) is 6.54 Å². The van der Waals surface area contributed by atoms with E-state index in [0.717, 1.165) is 19.4 Å². The molecule has 1 heterocycles. The van der Waals surface area contributed by atoms with Gasteiger partial charge in [-0.3, -0.25) is 0 Å². The first-order valence-corrected chi connectivity index (χ1v) is 6.57. The van der Waals surface area contributed by atoms with Gasteiger partial charge < -0.3 is 5.32 Å². The van der Waals surface area contributed by atoms with E-state index in [1.54, 1.807) is 12.1 Å². The first-order chi connectivity index (χ1) is 7.65. The van der Waals surface area contributed by atoms with Crippen molar-refractivity contribution in [1.82, 2.24) is 0 Å². The van der Waals surface area contributed by atoms with E-state index in [2.05, 4.69) is 21.2 Å². The minimum atomic E-state index is -0.229.